The molecule has 2 fully saturated rings. The van der Waals surface area contributed by atoms with Crippen molar-refractivity contribution in [2.24, 2.45) is 33.1 Å². The number of hydrogen-bond donors (Lipinski definition) is 2. The number of nitrogens with zero attached hydrogens (tertiary/aromatic N) is 1. The number of nitrogens with two attached hydrogens (primary N) is 1. The molecule has 3 N–H and O–H groups in total. The molecule has 20 heavy (non-hydrogen) atoms. The van der Waals surface area contributed by atoms with Crippen LogP contribution in [0, 0.1) is 22.2 Å². The Hall–Kier alpha value is -0.770. The SMILES string of the molecule is CC(C)(CCOC1CC2CCC1(C)C2(C)C)C(N)=NO. The van der Waals surface area contributed by atoms with E-state index in [4.69, 9.17) is 15.7 Å². The Bertz CT molecular complexity index is 403. The van der Waals surface area contributed by atoms with Gasteiger partial charge in [0.2, 0.25) is 0 Å². The zero-order valence-corrected chi connectivity index (χ0v) is 13.6. The lowest BCUT2D eigenvalue weighted by Gasteiger charge is -2.39. The third kappa shape index (κ3) is 2.22. The van der Waals surface area contributed by atoms with Gasteiger partial charge in [0, 0.05) is 12.0 Å². The van der Waals surface area contributed by atoms with E-state index in [1.807, 2.05) is 13.8 Å². The van der Waals surface area contributed by atoms with Crippen LogP contribution in [0.5, 0.6) is 0 Å². The van der Waals surface area contributed by atoms with Crippen LogP contribution >= 0.6 is 0 Å². The number of ether oxygens (including phenoxy) is 1. The van der Waals surface area contributed by atoms with Crippen LogP contribution in [0.15, 0.2) is 5.16 Å². The van der Waals surface area contributed by atoms with Crippen molar-refractivity contribution < 1.29 is 9.94 Å². The number of oxime groups is 1. The van der Waals surface area contributed by atoms with Gasteiger partial charge in [0.15, 0.2) is 0 Å². The van der Waals surface area contributed by atoms with Gasteiger partial charge in [0.25, 0.3) is 0 Å². The first-order valence-corrected chi connectivity index (χ1v) is 7.75. The highest BCUT2D eigenvalue weighted by molar-refractivity contribution is 5.85. The summed E-state index contributed by atoms with van der Waals surface area (Å²) >= 11 is 0. The first-order valence-electron chi connectivity index (χ1n) is 7.75. The zero-order chi connectivity index (χ0) is 15.2. The van der Waals surface area contributed by atoms with Gasteiger partial charge in [0.1, 0.15) is 5.84 Å². The van der Waals surface area contributed by atoms with Crippen LogP contribution in [0.25, 0.3) is 0 Å². The van der Waals surface area contributed by atoms with Crippen molar-refractivity contribution in [3.8, 4) is 0 Å². The van der Waals surface area contributed by atoms with Crippen molar-refractivity contribution in [2.75, 3.05) is 6.61 Å². The zero-order valence-electron chi connectivity index (χ0n) is 13.6. The second-order valence-corrected chi connectivity index (χ2v) is 8.09. The Balaban J connectivity index is 1.91. The topological polar surface area (TPSA) is 67.8 Å². The van der Waals surface area contributed by atoms with E-state index in [-0.39, 0.29) is 11.3 Å². The molecule has 0 aromatic heterocycles. The second-order valence-electron chi connectivity index (χ2n) is 8.09. The second kappa shape index (κ2) is 4.90. The smallest absolute Gasteiger partial charge is 0.144 e. The maximum atomic E-state index is 8.80. The summed E-state index contributed by atoms with van der Waals surface area (Å²) in [6, 6.07) is 0. The molecule has 2 aliphatic carbocycles. The molecule has 2 bridgehead atoms. The van der Waals surface area contributed by atoms with E-state index < -0.39 is 0 Å². The van der Waals surface area contributed by atoms with E-state index in [9.17, 15) is 0 Å². The highest BCUT2D eigenvalue weighted by atomic mass is 16.5. The van der Waals surface area contributed by atoms with Gasteiger partial charge in [0.05, 0.1) is 6.10 Å². The van der Waals surface area contributed by atoms with Crippen LogP contribution in [0.2, 0.25) is 0 Å². The minimum Gasteiger partial charge on any atom is -0.409 e. The summed E-state index contributed by atoms with van der Waals surface area (Å²) in [7, 11) is 0. The average Bonchev–Trinajstić information content (AvgIpc) is 2.70. The van der Waals surface area contributed by atoms with Gasteiger partial charge in [-0.2, -0.15) is 0 Å². The maximum absolute atomic E-state index is 8.80. The van der Waals surface area contributed by atoms with Gasteiger partial charge < -0.3 is 15.7 Å². The molecular formula is C16H30N2O2. The van der Waals surface area contributed by atoms with Gasteiger partial charge in [-0.15, -0.1) is 0 Å². The monoisotopic (exact) mass is 282 g/mol. The maximum Gasteiger partial charge on any atom is 0.144 e. The van der Waals surface area contributed by atoms with Crippen molar-refractivity contribution >= 4 is 5.84 Å². The molecule has 0 aromatic carbocycles. The summed E-state index contributed by atoms with van der Waals surface area (Å²) < 4.78 is 6.21. The summed E-state index contributed by atoms with van der Waals surface area (Å²) in [5, 5.41) is 11.9. The van der Waals surface area contributed by atoms with E-state index in [2.05, 4.69) is 25.9 Å². The first-order chi connectivity index (χ1) is 9.15. The molecular weight excluding hydrogens is 252 g/mol. The van der Waals surface area contributed by atoms with Crippen LogP contribution in [0.4, 0.5) is 0 Å². The Labute approximate surface area is 122 Å². The number of rotatable bonds is 5. The van der Waals surface area contributed by atoms with Crippen LogP contribution < -0.4 is 5.73 Å². The van der Waals surface area contributed by atoms with Crippen molar-refractivity contribution in [3.63, 3.8) is 0 Å². The Morgan fingerprint density at radius 1 is 1.40 bits per heavy atom. The summed E-state index contributed by atoms with van der Waals surface area (Å²) in [5.74, 6) is 1.08. The highest BCUT2D eigenvalue weighted by Gasteiger charge is 2.61. The summed E-state index contributed by atoms with van der Waals surface area (Å²) in [5.41, 5.74) is 6.09. The van der Waals surface area contributed by atoms with E-state index in [0.717, 1.165) is 12.3 Å². The van der Waals surface area contributed by atoms with E-state index >= 15 is 0 Å². The Morgan fingerprint density at radius 2 is 2.05 bits per heavy atom. The van der Waals surface area contributed by atoms with Crippen LogP contribution in [-0.2, 0) is 4.74 Å². The Kier molecular flexibility index (Phi) is 3.83. The van der Waals surface area contributed by atoms with Gasteiger partial charge in [-0.1, -0.05) is 39.8 Å². The van der Waals surface area contributed by atoms with Gasteiger partial charge >= 0.3 is 0 Å². The quantitative estimate of drug-likeness (QED) is 0.351. The van der Waals surface area contributed by atoms with Gasteiger partial charge in [-0.3, -0.25) is 0 Å². The van der Waals surface area contributed by atoms with Crippen molar-refractivity contribution in [3.05, 3.63) is 0 Å². The minimum atomic E-state index is -0.317. The number of amidine groups is 1. The summed E-state index contributed by atoms with van der Waals surface area (Å²) in [6.07, 6.45) is 4.95. The fourth-order valence-electron chi connectivity index (χ4n) is 4.10. The summed E-state index contributed by atoms with van der Waals surface area (Å²) in [4.78, 5) is 0. The third-order valence-corrected chi connectivity index (χ3v) is 6.56. The van der Waals surface area contributed by atoms with E-state index in [1.54, 1.807) is 0 Å². The third-order valence-electron chi connectivity index (χ3n) is 6.56. The van der Waals surface area contributed by atoms with Crippen molar-refractivity contribution in [1.82, 2.24) is 0 Å². The van der Waals surface area contributed by atoms with Crippen molar-refractivity contribution in [1.29, 1.82) is 0 Å². The standard InChI is InChI=1S/C16H30N2O2/c1-14(2,13(17)18-19)8-9-20-12-10-11-6-7-16(12,5)15(11,3)4/h11-12,19H,6-10H2,1-5H3,(H2,17,18). The fourth-order valence-corrected chi connectivity index (χ4v) is 4.10. The molecule has 0 aromatic rings. The predicted molar refractivity (Wildman–Crippen MR) is 80.8 cm³/mol. The molecule has 4 nitrogen and oxygen atoms in total. The molecule has 2 saturated carbocycles. The lowest BCUT2D eigenvalue weighted by molar-refractivity contribution is -0.0511. The van der Waals surface area contributed by atoms with Gasteiger partial charge in [-0.05, 0) is 42.4 Å². The molecule has 4 heteroatoms. The number of fused-ring (bicyclic) bond motifs is 2. The molecule has 0 radical (unpaired) electrons. The molecule has 0 saturated heterocycles. The lowest BCUT2D eigenvalue weighted by Crippen LogP contribution is -2.38. The largest absolute Gasteiger partial charge is 0.409 e. The van der Waals surface area contributed by atoms with Crippen LogP contribution in [0.1, 0.15) is 60.3 Å². The molecule has 0 amide bonds. The number of hydrogen-bond acceptors (Lipinski definition) is 3. The van der Waals surface area contributed by atoms with Crippen LogP contribution in [0.3, 0.4) is 0 Å². The minimum absolute atomic E-state index is 0.278. The van der Waals surface area contributed by atoms with Crippen LogP contribution in [-0.4, -0.2) is 23.8 Å². The normalized spacial score (nSPS) is 36.5. The predicted octanol–water partition coefficient (Wildman–Crippen LogP) is 3.38. The molecule has 0 aliphatic heterocycles. The molecule has 3 atom stereocenters. The average molecular weight is 282 g/mol. The molecule has 0 spiro atoms. The van der Waals surface area contributed by atoms with E-state index in [0.29, 0.717) is 23.5 Å². The molecule has 3 unspecified atom stereocenters. The fraction of sp³-hybridized carbons (Fsp3) is 0.938. The van der Waals surface area contributed by atoms with Crippen molar-refractivity contribution in [2.45, 2.75) is 66.4 Å². The molecule has 2 aliphatic rings. The molecule has 116 valence electrons. The lowest BCUT2D eigenvalue weighted by atomic mass is 9.70. The Morgan fingerprint density at radius 3 is 2.50 bits per heavy atom. The van der Waals surface area contributed by atoms with Gasteiger partial charge in [-0.25, -0.2) is 0 Å². The summed E-state index contributed by atoms with van der Waals surface area (Å²) in [6.45, 7) is 11.8. The molecule has 0 heterocycles. The first kappa shape index (κ1) is 15.6. The van der Waals surface area contributed by atoms with E-state index in [1.165, 1.54) is 19.3 Å². The molecule has 2 rings (SSSR count). The highest BCUT2D eigenvalue weighted by Crippen LogP contribution is 2.66.